The van der Waals surface area contributed by atoms with Gasteiger partial charge in [-0.25, -0.2) is 4.98 Å². The molecule has 0 aliphatic carbocycles. The molecule has 2 aromatic rings. The molecule has 22 heavy (non-hydrogen) atoms. The number of piperazine rings is 1. The van der Waals surface area contributed by atoms with Crippen LogP contribution in [-0.2, 0) is 0 Å². The van der Waals surface area contributed by atoms with Gasteiger partial charge in [-0.2, -0.15) is 0 Å². The average molecular weight is 302 g/mol. The Morgan fingerprint density at radius 1 is 1.45 bits per heavy atom. The number of carbonyl (C=O) groups excluding carboxylic acids is 1. The van der Waals surface area contributed by atoms with Crippen molar-refractivity contribution in [3.05, 3.63) is 41.4 Å². The summed E-state index contributed by atoms with van der Waals surface area (Å²) in [6.07, 6.45) is 5.23. The number of imidazole rings is 1. The first-order valence-corrected chi connectivity index (χ1v) is 7.69. The van der Waals surface area contributed by atoms with E-state index >= 15 is 0 Å². The van der Waals surface area contributed by atoms with Crippen LogP contribution in [0.3, 0.4) is 0 Å². The molecule has 1 saturated heterocycles. The number of furan rings is 1. The van der Waals surface area contributed by atoms with Crippen LogP contribution in [0, 0.1) is 13.8 Å². The predicted octanol–water partition coefficient (Wildman–Crippen LogP) is 2.14. The molecule has 1 N–H and O–H groups in total. The first-order valence-electron chi connectivity index (χ1n) is 7.69. The molecule has 0 spiro atoms. The molecule has 0 bridgehead atoms. The SMILES string of the molecule is CCN1CCN(C(=O)c2c(C)coc2C)CC1c1ncc[nH]1. The van der Waals surface area contributed by atoms with Gasteiger partial charge in [0.2, 0.25) is 0 Å². The van der Waals surface area contributed by atoms with Gasteiger partial charge in [-0.15, -0.1) is 0 Å². The van der Waals surface area contributed by atoms with Crippen LogP contribution < -0.4 is 0 Å². The van der Waals surface area contributed by atoms with E-state index in [0.717, 1.165) is 31.0 Å². The van der Waals surface area contributed by atoms with E-state index in [1.807, 2.05) is 24.9 Å². The monoisotopic (exact) mass is 302 g/mol. The van der Waals surface area contributed by atoms with Crippen molar-refractivity contribution < 1.29 is 9.21 Å². The minimum Gasteiger partial charge on any atom is -0.469 e. The summed E-state index contributed by atoms with van der Waals surface area (Å²) in [6.45, 7) is 9.05. The second kappa shape index (κ2) is 5.96. The van der Waals surface area contributed by atoms with Crippen molar-refractivity contribution in [2.24, 2.45) is 0 Å². The molecule has 1 aliphatic rings. The maximum absolute atomic E-state index is 12.8. The first kappa shape index (κ1) is 14.8. The molecule has 1 amide bonds. The lowest BCUT2D eigenvalue weighted by molar-refractivity contribution is 0.0478. The van der Waals surface area contributed by atoms with Crippen LogP contribution in [0.4, 0.5) is 0 Å². The van der Waals surface area contributed by atoms with Gasteiger partial charge >= 0.3 is 0 Å². The van der Waals surface area contributed by atoms with E-state index in [4.69, 9.17) is 4.42 Å². The lowest BCUT2D eigenvalue weighted by Crippen LogP contribution is -2.50. The third-order valence-electron chi connectivity index (χ3n) is 4.39. The lowest BCUT2D eigenvalue weighted by atomic mass is 10.1. The van der Waals surface area contributed by atoms with Crippen LogP contribution in [0.5, 0.6) is 0 Å². The summed E-state index contributed by atoms with van der Waals surface area (Å²) >= 11 is 0. The largest absolute Gasteiger partial charge is 0.469 e. The van der Waals surface area contributed by atoms with Gasteiger partial charge in [-0.3, -0.25) is 9.69 Å². The highest BCUT2D eigenvalue weighted by Gasteiger charge is 2.33. The van der Waals surface area contributed by atoms with Crippen LogP contribution in [0.15, 0.2) is 23.1 Å². The summed E-state index contributed by atoms with van der Waals surface area (Å²) in [4.78, 5) is 24.6. The molecule has 1 unspecified atom stereocenters. The number of hydrogen-bond acceptors (Lipinski definition) is 4. The van der Waals surface area contributed by atoms with E-state index in [1.54, 1.807) is 12.5 Å². The molecule has 0 aromatic carbocycles. The van der Waals surface area contributed by atoms with Crippen molar-refractivity contribution in [1.82, 2.24) is 19.8 Å². The van der Waals surface area contributed by atoms with E-state index in [1.165, 1.54) is 0 Å². The Bertz CT molecular complexity index is 628. The van der Waals surface area contributed by atoms with Gasteiger partial charge in [0.1, 0.15) is 11.6 Å². The maximum Gasteiger partial charge on any atom is 0.257 e. The molecular weight excluding hydrogens is 280 g/mol. The van der Waals surface area contributed by atoms with Gasteiger partial charge in [0.05, 0.1) is 17.9 Å². The number of carbonyl (C=O) groups is 1. The normalized spacial score (nSPS) is 19.6. The highest BCUT2D eigenvalue weighted by molar-refractivity contribution is 5.96. The van der Waals surface area contributed by atoms with Gasteiger partial charge < -0.3 is 14.3 Å². The fourth-order valence-electron chi connectivity index (χ4n) is 3.15. The predicted molar refractivity (Wildman–Crippen MR) is 82.7 cm³/mol. The Morgan fingerprint density at radius 3 is 2.86 bits per heavy atom. The zero-order valence-corrected chi connectivity index (χ0v) is 13.3. The van der Waals surface area contributed by atoms with Crippen molar-refractivity contribution in [3.8, 4) is 0 Å². The quantitative estimate of drug-likeness (QED) is 0.943. The Labute approximate surface area is 130 Å². The van der Waals surface area contributed by atoms with Crippen LogP contribution in [0.25, 0.3) is 0 Å². The van der Waals surface area contributed by atoms with Crippen molar-refractivity contribution >= 4 is 5.91 Å². The summed E-state index contributed by atoms with van der Waals surface area (Å²) in [7, 11) is 0. The molecule has 0 radical (unpaired) electrons. The van der Waals surface area contributed by atoms with Gasteiger partial charge in [0, 0.05) is 37.6 Å². The van der Waals surface area contributed by atoms with E-state index in [0.29, 0.717) is 17.9 Å². The van der Waals surface area contributed by atoms with Gasteiger partial charge in [0.25, 0.3) is 5.91 Å². The van der Waals surface area contributed by atoms with Crippen LogP contribution in [-0.4, -0.2) is 51.9 Å². The molecule has 118 valence electrons. The highest BCUT2D eigenvalue weighted by Crippen LogP contribution is 2.25. The molecule has 1 aliphatic heterocycles. The highest BCUT2D eigenvalue weighted by atomic mass is 16.3. The Balaban J connectivity index is 1.83. The third kappa shape index (κ3) is 2.54. The summed E-state index contributed by atoms with van der Waals surface area (Å²) in [6, 6.07) is 0.116. The number of aromatic nitrogens is 2. The minimum atomic E-state index is 0.0519. The number of hydrogen-bond donors (Lipinski definition) is 1. The van der Waals surface area contributed by atoms with E-state index < -0.39 is 0 Å². The Kier molecular flexibility index (Phi) is 4.02. The number of aryl methyl sites for hydroxylation is 2. The average Bonchev–Trinajstić information content (AvgIpc) is 3.16. The molecule has 2 aromatic heterocycles. The number of nitrogens with zero attached hydrogens (tertiary/aromatic N) is 3. The molecule has 1 atom stereocenters. The summed E-state index contributed by atoms with van der Waals surface area (Å²) in [5, 5.41) is 0. The van der Waals surface area contributed by atoms with Gasteiger partial charge in [-0.1, -0.05) is 6.92 Å². The molecule has 3 heterocycles. The number of H-pyrrole nitrogens is 1. The Morgan fingerprint density at radius 2 is 2.27 bits per heavy atom. The minimum absolute atomic E-state index is 0.0519. The molecular formula is C16H22N4O2. The van der Waals surface area contributed by atoms with Crippen molar-refractivity contribution in [1.29, 1.82) is 0 Å². The summed E-state index contributed by atoms with van der Waals surface area (Å²) in [5.41, 5.74) is 1.60. The van der Waals surface area contributed by atoms with E-state index in [9.17, 15) is 4.79 Å². The number of rotatable bonds is 3. The topological polar surface area (TPSA) is 65.4 Å². The van der Waals surface area contributed by atoms with Gasteiger partial charge in [0.15, 0.2) is 0 Å². The van der Waals surface area contributed by atoms with Crippen LogP contribution >= 0.6 is 0 Å². The fourth-order valence-corrected chi connectivity index (χ4v) is 3.15. The van der Waals surface area contributed by atoms with Gasteiger partial charge in [-0.05, 0) is 20.4 Å². The zero-order chi connectivity index (χ0) is 15.7. The number of nitrogens with one attached hydrogen (secondary N) is 1. The summed E-state index contributed by atoms with van der Waals surface area (Å²) in [5.74, 6) is 1.66. The Hall–Kier alpha value is -2.08. The van der Waals surface area contributed by atoms with Crippen LogP contribution in [0.2, 0.25) is 0 Å². The summed E-state index contributed by atoms with van der Waals surface area (Å²) < 4.78 is 5.37. The van der Waals surface area contributed by atoms with Crippen LogP contribution in [0.1, 0.15) is 40.5 Å². The second-order valence-electron chi connectivity index (χ2n) is 5.72. The molecule has 6 heteroatoms. The van der Waals surface area contributed by atoms with E-state index in [-0.39, 0.29) is 11.9 Å². The number of aromatic amines is 1. The maximum atomic E-state index is 12.8. The van der Waals surface area contributed by atoms with Crippen molar-refractivity contribution in [2.45, 2.75) is 26.8 Å². The molecule has 1 fully saturated rings. The zero-order valence-electron chi connectivity index (χ0n) is 13.3. The van der Waals surface area contributed by atoms with Crippen molar-refractivity contribution in [3.63, 3.8) is 0 Å². The first-order chi connectivity index (χ1) is 10.6. The number of amides is 1. The third-order valence-corrected chi connectivity index (χ3v) is 4.39. The second-order valence-corrected chi connectivity index (χ2v) is 5.72. The number of likely N-dealkylation sites (N-methyl/N-ethyl adjacent to an activating group) is 1. The smallest absolute Gasteiger partial charge is 0.257 e. The lowest BCUT2D eigenvalue weighted by Gasteiger charge is -2.40. The molecule has 6 nitrogen and oxygen atoms in total. The van der Waals surface area contributed by atoms with Crippen molar-refractivity contribution in [2.75, 3.05) is 26.2 Å². The molecule has 3 rings (SSSR count). The standard InChI is InChI=1S/C16H22N4O2/c1-4-19-7-8-20(9-13(19)15-17-5-6-18-15)16(21)14-11(2)10-22-12(14)3/h5-6,10,13H,4,7-9H2,1-3H3,(H,17,18). The fraction of sp³-hybridized carbons (Fsp3) is 0.500. The van der Waals surface area contributed by atoms with E-state index in [2.05, 4.69) is 21.8 Å². The molecule has 0 saturated carbocycles.